The molecule has 0 unspecified atom stereocenters. The summed E-state index contributed by atoms with van der Waals surface area (Å²) in [5, 5.41) is 3.28. The lowest BCUT2D eigenvalue weighted by Crippen LogP contribution is -2.46. The van der Waals surface area contributed by atoms with Crippen LogP contribution >= 0.6 is 24.8 Å². The highest BCUT2D eigenvalue weighted by Gasteiger charge is 2.13. The average molecular weight is 370 g/mol. The van der Waals surface area contributed by atoms with Gasteiger partial charge in [-0.1, -0.05) is 29.8 Å². The van der Waals surface area contributed by atoms with Gasteiger partial charge in [-0.3, -0.25) is 4.90 Å². The molecule has 128 valence electrons. The number of aryl methyl sites for hydroxylation is 1. The number of piperazine rings is 1. The fourth-order valence-corrected chi connectivity index (χ4v) is 3.49. The van der Waals surface area contributed by atoms with Crippen LogP contribution in [0.3, 0.4) is 0 Å². The SMILES string of the molecule is Cc1cccc(CS(=O)(=O)NCCN2CCNCC2)c1.Cl.Cl. The van der Waals surface area contributed by atoms with Gasteiger partial charge in [-0.15, -0.1) is 24.8 Å². The molecule has 22 heavy (non-hydrogen) atoms. The van der Waals surface area contributed by atoms with Gasteiger partial charge in [-0.25, -0.2) is 13.1 Å². The van der Waals surface area contributed by atoms with Crippen LogP contribution in [0, 0.1) is 6.92 Å². The molecule has 1 fully saturated rings. The van der Waals surface area contributed by atoms with Gasteiger partial charge in [-0.2, -0.15) is 0 Å². The van der Waals surface area contributed by atoms with Crippen molar-refractivity contribution in [2.24, 2.45) is 0 Å². The molecule has 0 aromatic heterocycles. The Hall–Kier alpha value is -0.370. The summed E-state index contributed by atoms with van der Waals surface area (Å²) in [7, 11) is -3.24. The Bertz CT molecular complexity index is 535. The van der Waals surface area contributed by atoms with Crippen LogP contribution in [0.1, 0.15) is 11.1 Å². The first-order valence-corrected chi connectivity index (χ1v) is 8.66. The predicted octanol–water partition coefficient (Wildman–Crippen LogP) is 1.16. The van der Waals surface area contributed by atoms with Crippen LogP contribution in [-0.2, 0) is 15.8 Å². The number of sulfonamides is 1. The summed E-state index contributed by atoms with van der Waals surface area (Å²) in [6.07, 6.45) is 0. The van der Waals surface area contributed by atoms with E-state index in [1.54, 1.807) is 0 Å². The highest BCUT2D eigenvalue weighted by atomic mass is 35.5. The zero-order valence-electron chi connectivity index (χ0n) is 12.7. The number of hydrogen-bond donors (Lipinski definition) is 2. The van der Waals surface area contributed by atoms with Gasteiger partial charge in [-0.05, 0) is 12.5 Å². The summed E-state index contributed by atoms with van der Waals surface area (Å²) in [6.45, 7) is 7.15. The number of halogens is 2. The molecule has 1 aromatic rings. The molecular formula is C14H25Cl2N3O2S. The van der Waals surface area contributed by atoms with Crippen molar-refractivity contribution < 1.29 is 8.42 Å². The van der Waals surface area contributed by atoms with Crippen LogP contribution in [-0.4, -0.2) is 52.6 Å². The van der Waals surface area contributed by atoms with E-state index in [0.717, 1.165) is 43.9 Å². The summed E-state index contributed by atoms with van der Waals surface area (Å²) in [5.74, 6) is 0.0518. The van der Waals surface area contributed by atoms with Gasteiger partial charge in [0.25, 0.3) is 0 Å². The highest BCUT2D eigenvalue weighted by molar-refractivity contribution is 7.88. The minimum Gasteiger partial charge on any atom is -0.314 e. The molecule has 0 spiro atoms. The monoisotopic (exact) mass is 369 g/mol. The molecule has 0 atom stereocenters. The Morgan fingerprint density at radius 3 is 2.55 bits per heavy atom. The van der Waals surface area contributed by atoms with E-state index in [-0.39, 0.29) is 30.6 Å². The van der Waals surface area contributed by atoms with Crippen LogP contribution < -0.4 is 10.0 Å². The van der Waals surface area contributed by atoms with Crippen LogP contribution in [0.5, 0.6) is 0 Å². The maximum atomic E-state index is 12.0. The molecule has 1 saturated heterocycles. The maximum Gasteiger partial charge on any atom is 0.215 e. The summed E-state index contributed by atoms with van der Waals surface area (Å²) < 4.78 is 26.7. The molecule has 1 heterocycles. The molecule has 8 heteroatoms. The maximum absolute atomic E-state index is 12.0. The van der Waals surface area contributed by atoms with Gasteiger partial charge in [0.1, 0.15) is 0 Å². The topological polar surface area (TPSA) is 61.4 Å². The van der Waals surface area contributed by atoms with Crippen molar-refractivity contribution in [3.8, 4) is 0 Å². The molecule has 2 N–H and O–H groups in total. The van der Waals surface area contributed by atoms with Gasteiger partial charge in [0.2, 0.25) is 10.0 Å². The minimum absolute atomic E-state index is 0. The molecule has 0 radical (unpaired) electrons. The fourth-order valence-electron chi connectivity index (χ4n) is 2.37. The van der Waals surface area contributed by atoms with Gasteiger partial charge in [0, 0.05) is 39.3 Å². The van der Waals surface area contributed by atoms with Crippen molar-refractivity contribution in [1.29, 1.82) is 0 Å². The van der Waals surface area contributed by atoms with E-state index in [2.05, 4.69) is 14.9 Å². The molecule has 0 saturated carbocycles. The molecule has 1 aliphatic heterocycles. The first kappa shape index (κ1) is 21.6. The molecule has 0 bridgehead atoms. The summed E-state index contributed by atoms with van der Waals surface area (Å²) in [6, 6.07) is 7.62. The first-order chi connectivity index (χ1) is 9.55. The Labute approximate surface area is 145 Å². The predicted molar refractivity (Wildman–Crippen MR) is 95.6 cm³/mol. The van der Waals surface area contributed by atoms with Crippen molar-refractivity contribution >= 4 is 34.8 Å². The smallest absolute Gasteiger partial charge is 0.215 e. The van der Waals surface area contributed by atoms with Crippen LogP contribution in [0.25, 0.3) is 0 Å². The van der Waals surface area contributed by atoms with Crippen LogP contribution in [0.4, 0.5) is 0 Å². The molecule has 1 aliphatic rings. The molecule has 5 nitrogen and oxygen atoms in total. The summed E-state index contributed by atoms with van der Waals surface area (Å²) >= 11 is 0. The van der Waals surface area contributed by atoms with Crippen molar-refractivity contribution in [2.75, 3.05) is 39.3 Å². The Balaban J connectivity index is 0.00000220. The van der Waals surface area contributed by atoms with E-state index in [9.17, 15) is 8.42 Å². The average Bonchev–Trinajstić information content (AvgIpc) is 2.39. The second-order valence-electron chi connectivity index (χ2n) is 5.23. The number of nitrogens with one attached hydrogen (secondary N) is 2. The molecule has 0 amide bonds. The Kier molecular flexibility index (Phi) is 10.2. The lowest BCUT2D eigenvalue weighted by Gasteiger charge is -2.27. The van der Waals surface area contributed by atoms with Crippen molar-refractivity contribution in [3.05, 3.63) is 35.4 Å². The third-order valence-corrected chi connectivity index (χ3v) is 4.76. The normalized spacial score (nSPS) is 15.7. The number of hydrogen-bond acceptors (Lipinski definition) is 4. The second-order valence-corrected chi connectivity index (χ2v) is 7.04. The molecule has 0 aliphatic carbocycles. The summed E-state index contributed by atoms with van der Waals surface area (Å²) in [5.41, 5.74) is 1.91. The minimum atomic E-state index is -3.24. The van der Waals surface area contributed by atoms with Crippen LogP contribution in [0.15, 0.2) is 24.3 Å². The van der Waals surface area contributed by atoms with E-state index in [1.165, 1.54) is 0 Å². The zero-order chi connectivity index (χ0) is 14.4. The Morgan fingerprint density at radius 1 is 1.23 bits per heavy atom. The van der Waals surface area contributed by atoms with E-state index in [1.807, 2.05) is 31.2 Å². The highest BCUT2D eigenvalue weighted by Crippen LogP contribution is 2.07. The molecule has 2 rings (SSSR count). The quantitative estimate of drug-likeness (QED) is 0.789. The number of benzene rings is 1. The molecule has 1 aromatic carbocycles. The third kappa shape index (κ3) is 7.76. The van der Waals surface area contributed by atoms with Crippen LogP contribution in [0.2, 0.25) is 0 Å². The lowest BCUT2D eigenvalue weighted by atomic mass is 10.2. The summed E-state index contributed by atoms with van der Waals surface area (Å²) in [4.78, 5) is 2.27. The van der Waals surface area contributed by atoms with Gasteiger partial charge < -0.3 is 5.32 Å². The zero-order valence-corrected chi connectivity index (χ0v) is 15.2. The van der Waals surface area contributed by atoms with Gasteiger partial charge >= 0.3 is 0 Å². The lowest BCUT2D eigenvalue weighted by molar-refractivity contribution is 0.245. The van der Waals surface area contributed by atoms with E-state index < -0.39 is 10.0 Å². The van der Waals surface area contributed by atoms with Crippen molar-refractivity contribution in [2.45, 2.75) is 12.7 Å². The van der Waals surface area contributed by atoms with Gasteiger partial charge in [0.15, 0.2) is 0 Å². The number of rotatable bonds is 6. The van der Waals surface area contributed by atoms with E-state index >= 15 is 0 Å². The molecular weight excluding hydrogens is 345 g/mol. The van der Waals surface area contributed by atoms with Crippen molar-refractivity contribution in [3.63, 3.8) is 0 Å². The van der Waals surface area contributed by atoms with E-state index in [0.29, 0.717) is 6.54 Å². The standard InChI is InChI=1S/C14H23N3O2S.2ClH/c1-13-3-2-4-14(11-13)12-20(18,19)16-7-10-17-8-5-15-6-9-17;;/h2-4,11,15-16H,5-10,12H2,1H3;2*1H. The fraction of sp³-hybridized carbons (Fsp3) is 0.571. The Morgan fingerprint density at radius 2 is 1.91 bits per heavy atom. The van der Waals surface area contributed by atoms with Gasteiger partial charge in [0.05, 0.1) is 5.75 Å². The van der Waals surface area contributed by atoms with Crippen molar-refractivity contribution in [1.82, 2.24) is 14.9 Å². The second kappa shape index (κ2) is 10.4. The largest absolute Gasteiger partial charge is 0.314 e. The third-order valence-electron chi connectivity index (χ3n) is 3.40. The first-order valence-electron chi connectivity index (χ1n) is 7.01. The number of nitrogens with zero attached hydrogens (tertiary/aromatic N) is 1. The van der Waals surface area contributed by atoms with E-state index in [4.69, 9.17) is 0 Å².